The molecule has 1 fully saturated rings. The summed E-state index contributed by atoms with van der Waals surface area (Å²) in [7, 11) is 1.63. The van der Waals surface area contributed by atoms with Crippen LogP contribution in [0.1, 0.15) is 37.4 Å². The normalized spacial score (nSPS) is 19.8. The number of benzene rings is 1. The van der Waals surface area contributed by atoms with Gasteiger partial charge in [0, 0.05) is 22.0 Å². The molecule has 1 aliphatic carbocycles. The van der Waals surface area contributed by atoms with E-state index >= 15 is 0 Å². The zero-order valence-electron chi connectivity index (χ0n) is 10.7. The van der Waals surface area contributed by atoms with E-state index in [-0.39, 0.29) is 5.41 Å². The van der Waals surface area contributed by atoms with Gasteiger partial charge in [0.05, 0.1) is 13.2 Å². The summed E-state index contributed by atoms with van der Waals surface area (Å²) in [6.07, 6.45) is 3.70. The summed E-state index contributed by atoms with van der Waals surface area (Å²) in [6, 6.07) is 5.72. The molecular formula is C14H20BrNO2. The Morgan fingerprint density at radius 3 is 2.67 bits per heavy atom. The van der Waals surface area contributed by atoms with Crippen molar-refractivity contribution in [2.24, 2.45) is 11.1 Å². The van der Waals surface area contributed by atoms with Crippen LogP contribution in [0.3, 0.4) is 0 Å². The molecule has 1 unspecified atom stereocenters. The average molecular weight is 314 g/mol. The Morgan fingerprint density at radius 1 is 1.44 bits per heavy atom. The monoisotopic (exact) mass is 313 g/mol. The van der Waals surface area contributed by atoms with Gasteiger partial charge < -0.3 is 15.6 Å². The molecule has 3 N–H and O–H groups in total. The number of hydrogen-bond donors (Lipinski definition) is 2. The highest BCUT2D eigenvalue weighted by molar-refractivity contribution is 9.10. The highest BCUT2D eigenvalue weighted by Gasteiger charge is 2.41. The minimum Gasteiger partial charge on any atom is -0.496 e. The van der Waals surface area contributed by atoms with Crippen molar-refractivity contribution in [3.05, 3.63) is 28.2 Å². The van der Waals surface area contributed by atoms with E-state index in [9.17, 15) is 5.11 Å². The number of aliphatic hydroxyl groups is 1. The Bertz CT molecular complexity index is 416. The van der Waals surface area contributed by atoms with Crippen LogP contribution in [0.15, 0.2) is 22.7 Å². The van der Waals surface area contributed by atoms with Crippen LogP contribution in [0.4, 0.5) is 0 Å². The van der Waals surface area contributed by atoms with Gasteiger partial charge >= 0.3 is 0 Å². The predicted octanol–water partition coefficient (Wildman–Crippen LogP) is 3.01. The molecule has 0 bridgehead atoms. The maximum atomic E-state index is 10.7. The molecule has 100 valence electrons. The molecule has 2 rings (SSSR count). The van der Waals surface area contributed by atoms with Gasteiger partial charge in [0.2, 0.25) is 0 Å². The molecule has 1 aromatic rings. The van der Waals surface area contributed by atoms with Crippen LogP contribution in [0.2, 0.25) is 0 Å². The van der Waals surface area contributed by atoms with Gasteiger partial charge in [-0.3, -0.25) is 0 Å². The lowest BCUT2D eigenvalue weighted by Gasteiger charge is -2.34. The SMILES string of the molecule is COc1ccc(Br)cc1C(O)C1(CN)CCCC1. The Hall–Kier alpha value is -0.580. The second-order valence-corrected chi connectivity index (χ2v) is 5.98. The van der Waals surface area contributed by atoms with Gasteiger partial charge in [0.15, 0.2) is 0 Å². The van der Waals surface area contributed by atoms with Gasteiger partial charge in [-0.05, 0) is 31.0 Å². The van der Waals surface area contributed by atoms with Gasteiger partial charge in [-0.15, -0.1) is 0 Å². The number of methoxy groups -OCH3 is 1. The highest BCUT2D eigenvalue weighted by atomic mass is 79.9. The fraction of sp³-hybridized carbons (Fsp3) is 0.571. The number of nitrogens with two attached hydrogens (primary N) is 1. The van der Waals surface area contributed by atoms with E-state index in [2.05, 4.69) is 15.9 Å². The molecule has 1 aromatic carbocycles. The molecule has 1 atom stereocenters. The molecule has 0 aromatic heterocycles. The molecule has 4 heteroatoms. The van der Waals surface area contributed by atoms with Crippen molar-refractivity contribution in [1.29, 1.82) is 0 Å². The first-order chi connectivity index (χ1) is 8.63. The predicted molar refractivity (Wildman–Crippen MR) is 75.6 cm³/mol. The fourth-order valence-electron chi connectivity index (χ4n) is 2.92. The molecule has 0 radical (unpaired) electrons. The molecule has 18 heavy (non-hydrogen) atoms. The van der Waals surface area contributed by atoms with Gasteiger partial charge in [-0.25, -0.2) is 0 Å². The van der Waals surface area contributed by atoms with E-state index in [1.807, 2.05) is 18.2 Å². The average Bonchev–Trinajstić information content (AvgIpc) is 2.87. The summed E-state index contributed by atoms with van der Waals surface area (Å²) in [6.45, 7) is 0.518. The zero-order valence-corrected chi connectivity index (χ0v) is 12.2. The van der Waals surface area contributed by atoms with Crippen LogP contribution in [0.5, 0.6) is 5.75 Å². The summed E-state index contributed by atoms with van der Waals surface area (Å²) in [5.74, 6) is 0.727. The molecule has 0 heterocycles. The van der Waals surface area contributed by atoms with Crippen LogP contribution in [0, 0.1) is 5.41 Å². The summed E-state index contributed by atoms with van der Waals surface area (Å²) in [5.41, 5.74) is 6.57. The summed E-state index contributed by atoms with van der Waals surface area (Å²) in [5, 5.41) is 10.7. The number of aliphatic hydroxyl groups excluding tert-OH is 1. The lowest BCUT2D eigenvalue weighted by Crippen LogP contribution is -2.34. The van der Waals surface area contributed by atoms with Crippen LogP contribution in [-0.2, 0) is 0 Å². The molecule has 0 saturated heterocycles. The van der Waals surface area contributed by atoms with Crippen molar-refractivity contribution < 1.29 is 9.84 Å². The van der Waals surface area contributed by atoms with Crippen molar-refractivity contribution >= 4 is 15.9 Å². The van der Waals surface area contributed by atoms with E-state index in [1.54, 1.807) is 7.11 Å². The molecule has 0 amide bonds. The first-order valence-corrected chi connectivity index (χ1v) is 7.14. The van der Waals surface area contributed by atoms with E-state index in [1.165, 1.54) is 0 Å². The number of rotatable bonds is 4. The lowest BCUT2D eigenvalue weighted by molar-refractivity contribution is 0.0314. The second kappa shape index (κ2) is 5.59. The van der Waals surface area contributed by atoms with Crippen LogP contribution >= 0.6 is 15.9 Å². The Kier molecular flexibility index (Phi) is 4.30. The number of ether oxygens (including phenoxy) is 1. The Labute approximate surface area is 116 Å². The number of hydrogen-bond acceptors (Lipinski definition) is 3. The minimum atomic E-state index is -0.558. The van der Waals surface area contributed by atoms with Crippen molar-refractivity contribution in [1.82, 2.24) is 0 Å². The summed E-state index contributed by atoms with van der Waals surface area (Å²) < 4.78 is 6.30. The van der Waals surface area contributed by atoms with Crippen molar-refractivity contribution in [2.75, 3.05) is 13.7 Å². The standard InChI is InChI=1S/C14H20BrNO2/c1-18-12-5-4-10(15)8-11(12)13(17)14(9-16)6-2-3-7-14/h4-5,8,13,17H,2-3,6-7,9,16H2,1H3. The third-order valence-corrected chi connectivity index (χ3v) is 4.57. The molecule has 3 nitrogen and oxygen atoms in total. The quantitative estimate of drug-likeness (QED) is 0.898. The number of halogens is 1. The van der Waals surface area contributed by atoms with Gasteiger partial charge in [0.1, 0.15) is 5.75 Å². The van der Waals surface area contributed by atoms with Crippen LogP contribution in [-0.4, -0.2) is 18.8 Å². The van der Waals surface area contributed by atoms with Gasteiger partial charge in [0.25, 0.3) is 0 Å². The van der Waals surface area contributed by atoms with Crippen molar-refractivity contribution in [3.63, 3.8) is 0 Å². The topological polar surface area (TPSA) is 55.5 Å². The lowest BCUT2D eigenvalue weighted by atomic mass is 9.77. The Balaban J connectivity index is 2.37. The van der Waals surface area contributed by atoms with Crippen LogP contribution in [0.25, 0.3) is 0 Å². The maximum absolute atomic E-state index is 10.7. The largest absolute Gasteiger partial charge is 0.496 e. The van der Waals surface area contributed by atoms with Crippen molar-refractivity contribution in [3.8, 4) is 5.75 Å². The minimum absolute atomic E-state index is 0.186. The van der Waals surface area contributed by atoms with E-state index in [4.69, 9.17) is 10.5 Å². The first kappa shape index (κ1) is 13.8. The highest BCUT2D eigenvalue weighted by Crippen LogP contribution is 2.48. The first-order valence-electron chi connectivity index (χ1n) is 6.34. The smallest absolute Gasteiger partial charge is 0.124 e. The van der Waals surface area contributed by atoms with Gasteiger partial charge in [-0.1, -0.05) is 28.8 Å². The molecular weight excluding hydrogens is 294 g/mol. The van der Waals surface area contributed by atoms with Crippen LogP contribution < -0.4 is 10.5 Å². The van der Waals surface area contributed by atoms with E-state index < -0.39 is 6.10 Å². The summed E-state index contributed by atoms with van der Waals surface area (Å²) in [4.78, 5) is 0. The van der Waals surface area contributed by atoms with E-state index in [0.29, 0.717) is 6.54 Å². The van der Waals surface area contributed by atoms with Crippen molar-refractivity contribution in [2.45, 2.75) is 31.8 Å². The maximum Gasteiger partial charge on any atom is 0.124 e. The third kappa shape index (κ3) is 2.42. The zero-order chi connectivity index (χ0) is 13.2. The summed E-state index contributed by atoms with van der Waals surface area (Å²) >= 11 is 3.44. The fourth-order valence-corrected chi connectivity index (χ4v) is 3.30. The molecule has 0 spiro atoms. The molecule has 1 saturated carbocycles. The van der Waals surface area contributed by atoms with E-state index in [0.717, 1.165) is 41.5 Å². The molecule has 1 aliphatic rings. The Morgan fingerprint density at radius 2 is 2.11 bits per heavy atom. The third-order valence-electron chi connectivity index (χ3n) is 4.07. The molecule has 0 aliphatic heterocycles. The second-order valence-electron chi connectivity index (χ2n) is 5.06. The van der Waals surface area contributed by atoms with Gasteiger partial charge in [-0.2, -0.15) is 0 Å².